The monoisotopic (exact) mass is 314 g/mol. The van der Waals surface area contributed by atoms with E-state index in [9.17, 15) is 4.79 Å². The number of nitrogens with one attached hydrogen (secondary N) is 1. The van der Waals surface area contributed by atoms with Gasteiger partial charge in [-0.3, -0.25) is 4.79 Å². The number of hydrogen-bond acceptors (Lipinski definition) is 4. The summed E-state index contributed by atoms with van der Waals surface area (Å²) in [7, 11) is 1.64. The number of nitrogens with two attached hydrogens (primary N) is 1. The Morgan fingerprint density at radius 3 is 3.04 bits per heavy atom. The van der Waals surface area contributed by atoms with Gasteiger partial charge >= 0.3 is 0 Å². The van der Waals surface area contributed by atoms with Crippen LogP contribution in [0.3, 0.4) is 0 Å². The molecule has 0 radical (unpaired) electrons. The molecule has 0 bridgehead atoms. The predicted molar refractivity (Wildman–Crippen MR) is 88.6 cm³/mol. The molecule has 0 aliphatic carbocycles. The molecule has 1 aromatic carbocycles. The molecule has 2 heterocycles. The van der Waals surface area contributed by atoms with Crippen molar-refractivity contribution in [1.82, 2.24) is 9.97 Å². The average Bonchev–Trinajstić information content (AvgIpc) is 3.17. The number of ether oxygens (including phenoxy) is 1. The number of H-pyrrole nitrogens is 1. The molecule has 6 heteroatoms. The lowest BCUT2D eigenvalue weighted by molar-refractivity contribution is -0.117. The molecule has 23 heavy (non-hydrogen) atoms. The Labute approximate surface area is 135 Å². The molecule has 6 nitrogen and oxygen atoms in total. The molecule has 0 saturated heterocycles. The highest BCUT2D eigenvalue weighted by Crippen LogP contribution is 2.41. The van der Waals surface area contributed by atoms with Crippen LogP contribution in [-0.4, -0.2) is 29.5 Å². The second-order valence-corrected chi connectivity index (χ2v) is 5.73. The number of amides is 1. The van der Waals surface area contributed by atoms with E-state index in [0.717, 1.165) is 41.4 Å². The van der Waals surface area contributed by atoms with Gasteiger partial charge in [-0.05, 0) is 30.2 Å². The normalized spacial score (nSPS) is 16.5. The van der Waals surface area contributed by atoms with Crippen LogP contribution in [0.4, 0.5) is 5.69 Å². The number of nitrogens with zero attached hydrogens (tertiary/aromatic N) is 2. The summed E-state index contributed by atoms with van der Waals surface area (Å²) >= 11 is 0. The first-order valence-corrected chi connectivity index (χ1v) is 7.90. The zero-order valence-corrected chi connectivity index (χ0v) is 13.5. The van der Waals surface area contributed by atoms with Gasteiger partial charge in [-0.1, -0.05) is 13.3 Å². The molecule has 1 atom stereocenters. The Balaban J connectivity index is 1.97. The van der Waals surface area contributed by atoms with Crippen molar-refractivity contribution in [3.05, 3.63) is 41.5 Å². The summed E-state index contributed by atoms with van der Waals surface area (Å²) in [5.74, 6) is 1.49. The maximum Gasteiger partial charge on any atom is 0.241 e. The van der Waals surface area contributed by atoms with E-state index in [1.54, 1.807) is 12.0 Å². The highest BCUT2D eigenvalue weighted by molar-refractivity contribution is 5.97. The summed E-state index contributed by atoms with van der Waals surface area (Å²) in [6.45, 7) is 2.10. The quantitative estimate of drug-likeness (QED) is 0.883. The standard InChI is InChI=1S/C17H22N4O2/c1-3-4-12-10-19-17(20-12)15-8-11-7-13(23-2)5-6-14(11)21(15)16(22)9-18/h5-7,10,15H,3-4,8-9,18H2,1-2H3,(H,19,20)/t15-/m0/s1. The number of rotatable bonds is 5. The van der Waals surface area contributed by atoms with Crippen LogP contribution in [0.25, 0.3) is 0 Å². The Bertz CT molecular complexity index is 710. The van der Waals surface area contributed by atoms with E-state index < -0.39 is 0 Å². The van der Waals surface area contributed by atoms with Crippen LogP contribution in [0.1, 0.15) is 36.5 Å². The number of benzene rings is 1. The number of carbonyl (C=O) groups excluding carboxylic acids is 1. The number of anilines is 1. The third-order valence-corrected chi connectivity index (χ3v) is 4.20. The van der Waals surface area contributed by atoms with Crippen LogP contribution >= 0.6 is 0 Å². The van der Waals surface area contributed by atoms with Crippen LogP contribution in [-0.2, 0) is 17.6 Å². The maximum atomic E-state index is 12.4. The summed E-state index contributed by atoms with van der Waals surface area (Å²) < 4.78 is 5.29. The fourth-order valence-corrected chi connectivity index (χ4v) is 3.12. The van der Waals surface area contributed by atoms with Crippen molar-refractivity contribution in [3.63, 3.8) is 0 Å². The molecule has 1 aromatic heterocycles. The van der Waals surface area contributed by atoms with Gasteiger partial charge in [-0.15, -0.1) is 0 Å². The van der Waals surface area contributed by atoms with Gasteiger partial charge in [0.05, 0.1) is 19.7 Å². The highest BCUT2D eigenvalue weighted by Gasteiger charge is 2.36. The Morgan fingerprint density at radius 1 is 1.52 bits per heavy atom. The van der Waals surface area contributed by atoms with Crippen molar-refractivity contribution < 1.29 is 9.53 Å². The van der Waals surface area contributed by atoms with Crippen LogP contribution in [0.2, 0.25) is 0 Å². The predicted octanol–water partition coefficient (Wildman–Crippen LogP) is 1.96. The van der Waals surface area contributed by atoms with Crippen molar-refractivity contribution in [3.8, 4) is 5.75 Å². The van der Waals surface area contributed by atoms with E-state index in [2.05, 4.69) is 16.9 Å². The molecular formula is C17H22N4O2. The van der Waals surface area contributed by atoms with Gasteiger partial charge < -0.3 is 20.4 Å². The molecule has 0 saturated carbocycles. The lowest BCUT2D eigenvalue weighted by Crippen LogP contribution is -2.37. The molecule has 1 aliphatic heterocycles. The summed E-state index contributed by atoms with van der Waals surface area (Å²) in [5.41, 5.74) is 8.67. The van der Waals surface area contributed by atoms with Crippen molar-refractivity contribution in [2.24, 2.45) is 5.73 Å². The molecule has 0 unspecified atom stereocenters. The SMILES string of the molecule is CCCc1cnc([C@@H]2Cc3cc(OC)ccc3N2C(=O)CN)[nH]1. The number of carbonyl (C=O) groups is 1. The van der Waals surface area contributed by atoms with E-state index in [-0.39, 0.29) is 18.5 Å². The maximum absolute atomic E-state index is 12.4. The fourth-order valence-electron chi connectivity index (χ4n) is 3.12. The summed E-state index contributed by atoms with van der Waals surface area (Å²) in [6, 6.07) is 5.61. The van der Waals surface area contributed by atoms with Crippen molar-refractivity contribution in [1.29, 1.82) is 0 Å². The van der Waals surface area contributed by atoms with Gasteiger partial charge in [-0.2, -0.15) is 0 Å². The Hall–Kier alpha value is -2.34. The minimum Gasteiger partial charge on any atom is -0.497 e. The van der Waals surface area contributed by atoms with E-state index in [1.807, 2.05) is 24.4 Å². The topological polar surface area (TPSA) is 84.2 Å². The fraction of sp³-hybridized carbons (Fsp3) is 0.412. The average molecular weight is 314 g/mol. The number of methoxy groups -OCH3 is 1. The smallest absolute Gasteiger partial charge is 0.241 e. The molecular weight excluding hydrogens is 292 g/mol. The first-order valence-electron chi connectivity index (χ1n) is 7.90. The van der Waals surface area contributed by atoms with Gasteiger partial charge in [0.25, 0.3) is 0 Å². The van der Waals surface area contributed by atoms with Crippen molar-refractivity contribution in [2.45, 2.75) is 32.2 Å². The highest BCUT2D eigenvalue weighted by atomic mass is 16.5. The van der Waals surface area contributed by atoms with Crippen molar-refractivity contribution >= 4 is 11.6 Å². The van der Waals surface area contributed by atoms with Crippen LogP contribution in [0.15, 0.2) is 24.4 Å². The third kappa shape index (κ3) is 2.82. The minimum absolute atomic E-state index is 0.0233. The molecule has 2 aromatic rings. The van der Waals surface area contributed by atoms with Gasteiger partial charge in [0.2, 0.25) is 5.91 Å². The number of fused-ring (bicyclic) bond motifs is 1. The Kier molecular flexibility index (Phi) is 4.34. The third-order valence-electron chi connectivity index (χ3n) is 4.20. The Morgan fingerprint density at radius 2 is 2.35 bits per heavy atom. The van der Waals surface area contributed by atoms with Crippen LogP contribution in [0, 0.1) is 0 Å². The molecule has 0 spiro atoms. The van der Waals surface area contributed by atoms with Gasteiger partial charge in [0.1, 0.15) is 11.6 Å². The molecule has 1 aliphatic rings. The first kappa shape index (κ1) is 15.6. The van der Waals surface area contributed by atoms with Crippen molar-refractivity contribution in [2.75, 3.05) is 18.6 Å². The number of hydrogen-bond donors (Lipinski definition) is 2. The van der Waals surface area contributed by atoms with Gasteiger partial charge in [0, 0.05) is 24.0 Å². The second kappa shape index (κ2) is 6.42. The molecule has 3 N–H and O–H groups in total. The molecule has 122 valence electrons. The van der Waals surface area contributed by atoms with Gasteiger partial charge in [-0.25, -0.2) is 4.98 Å². The van der Waals surface area contributed by atoms with E-state index in [1.165, 1.54) is 0 Å². The number of aromatic amines is 1. The van der Waals surface area contributed by atoms with E-state index >= 15 is 0 Å². The van der Waals surface area contributed by atoms with Crippen LogP contribution in [0.5, 0.6) is 5.75 Å². The second-order valence-electron chi connectivity index (χ2n) is 5.73. The number of imidazole rings is 1. The lowest BCUT2D eigenvalue weighted by Gasteiger charge is -2.23. The minimum atomic E-state index is -0.140. The number of aromatic nitrogens is 2. The molecule has 1 amide bonds. The van der Waals surface area contributed by atoms with Gasteiger partial charge in [0.15, 0.2) is 0 Å². The summed E-state index contributed by atoms with van der Waals surface area (Å²) in [5, 5.41) is 0. The molecule has 0 fully saturated rings. The summed E-state index contributed by atoms with van der Waals surface area (Å²) in [6.07, 6.45) is 4.56. The van der Waals surface area contributed by atoms with Crippen LogP contribution < -0.4 is 15.4 Å². The lowest BCUT2D eigenvalue weighted by atomic mass is 10.1. The van der Waals surface area contributed by atoms with E-state index in [4.69, 9.17) is 10.5 Å². The number of aryl methyl sites for hydroxylation is 1. The zero-order valence-electron chi connectivity index (χ0n) is 13.5. The first-order chi connectivity index (χ1) is 11.2. The summed E-state index contributed by atoms with van der Waals surface area (Å²) in [4.78, 5) is 22.0. The largest absolute Gasteiger partial charge is 0.497 e. The molecule has 3 rings (SSSR count). The van der Waals surface area contributed by atoms with E-state index in [0.29, 0.717) is 6.42 Å². The zero-order chi connectivity index (χ0) is 16.4.